The summed E-state index contributed by atoms with van der Waals surface area (Å²) in [5.74, 6) is -0.210. The second-order valence-electron chi connectivity index (χ2n) is 5.31. The molecule has 0 saturated heterocycles. The Morgan fingerprint density at radius 1 is 1.19 bits per heavy atom. The van der Waals surface area contributed by atoms with E-state index in [4.69, 9.17) is 4.74 Å². The molecule has 0 amide bonds. The van der Waals surface area contributed by atoms with E-state index in [2.05, 4.69) is 19.6 Å². The molecule has 0 radical (unpaired) electrons. The molecule has 0 aliphatic carbocycles. The molecule has 0 heterocycles. The zero-order valence-electron chi connectivity index (χ0n) is 10.5. The van der Waals surface area contributed by atoms with Gasteiger partial charge in [0.25, 0.3) is 0 Å². The number of carbonyl (C=O) groups excluding carboxylic acids is 1. The molecule has 1 aromatic carbocycles. The van der Waals surface area contributed by atoms with Gasteiger partial charge < -0.3 is 4.74 Å². The fourth-order valence-electron chi connectivity index (χ4n) is 1.22. The van der Waals surface area contributed by atoms with Crippen molar-refractivity contribution < 1.29 is 9.53 Å². The van der Waals surface area contributed by atoms with Crippen LogP contribution in [-0.4, -0.2) is 20.7 Å². The Morgan fingerprint density at radius 3 is 2.25 bits per heavy atom. The van der Waals surface area contributed by atoms with Gasteiger partial charge in [0.1, 0.15) is 0 Å². The summed E-state index contributed by atoms with van der Waals surface area (Å²) >= 11 is 0. The van der Waals surface area contributed by atoms with Gasteiger partial charge in [-0.05, 0) is 25.1 Å². The summed E-state index contributed by atoms with van der Waals surface area (Å²) < 4.78 is 5.24. The van der Waals surface area contributed by atoms with Crippen LogP contribution in [0.1, 0.15) is 15.9 Å². The topological polar surface area (TPSA) is 26.3 Å². The third-order valence-corrected chi connectivity index (χ3v) is 4.08. The van der Waals surface area contributed by atoms with Crippen LogP contribution in [0.4, 0.5) is 0 Å². The maximum atomic E-state index is 11.6. The second-order valence-corrected chi connectivity index (χ2v) is 10.9. The Kier molecular flexibility index (Phi) is 4.30. The average Bonchev–Trinajstić information content (AvgIpc) is 2.16. The molecule has 1 aromatic rings. The highest BCUT2D eigenvalue weighted by atomic mass is 28.3. The number of aryl methyl sites for hydroxylation is 1. The molecule has 1 rings (SSSR count). The number of esters is 1. The van der Waals surface area contributed by atoms with E-state index in [1.165, 1.54) is 0 Å². The first-order valence-corrected chi connectivity index (χ1v) is 9.33. The maximum Gasteiger partial charge on any atom is 0.338 e. The van der Waals surface area contributed by atoms with Gasteiger partial charge in [-0.2, -0.15) is 0 Å². The van der Waals surface area contributed by atoms with E-state index in [9.17, 15) is 4.79 Å². The Balaban J connectivity index is 2.44. The summed E-state index contributed by atoms with van der Waals surface area (Å²) in [5.41, 5.74) is 1.79. The van der Waals surface area contributed by atoms with Crippen LogP contribution in [0.3, 0.4) is 0 Å². The molecule has 2 nitrogen and oxygen atoms in total. The van der Waals surface area contributed by atoms with Crippen LogP contribution in [0.5, 0.6) is 0 Å². The Bertz CT molecular complexity index is 349. The van der Waals surface area contributed by atoms with Crippen molar-refractivity contribution in [1.82, 2.24) is 0 Å². The van der Waals surface area contributed by atoms with E-state index in [0.29, 0.717) is 12.2 Å². The second kappa shape index (κ2) is 5.30. The summed E-state index contributed by atoms with van der Waals surface area (Å²) in [4.78, 5) is 11.6. The predicted octanol–water partition coefficient (Wildman–Crippen LogP) is 3.49. The van der Waals surface area contributed by atoms with Crippen molar-refractivity contribution in [2.45, 2.75) is 32.6 Å². The predicted molar refractivity (Wildman–Crippen MR) is 69.6 cm³/mol. The highest BCUT2D eigenvalue weighted by Gasteiger charge is 2.14. The highest BCUT2D eigenvalue weighted by molar-refractivity contribution is 6.76. The van der Waals surface area contributed by atoms with Gasteiger partial charge in [0, 0.05) is 8.07 Å². The largest absolute Gasteiger partial charge is 0.462 e. The van der Waals surface area contributed by atoms with Crippen LogP contribution in [0.2, 0.25) is 25.7 Å². The van der Waals surface area contributed by atoms with E-state index >= 15 is 0 Å². The van der Waals surface area contributed by atoms with Gasteiger partial charge >= 0.3 is 5.97 Å². The first-order valence-electron chi connectivity index (χ1n) is 5.62. The number of hydrogen-bond acceptors (Lipinski definition) is 2. The van der Waals surface area contributed by atoms with Gasteiger partial charge in [0.15, 0.2) is 0 Å². The van der Waals surface area contributed by atoms with Crippen LogP contribution in [0.25, 0.3) is 0 Å². The number of benzene rings is 1. The molecular formula is C13H20O2Si. The van der Waals surface area contributed by atoms with Crippen LogP contribution < -0.4 is 0 Å². The standard InChI is InChI=1S/C13H20O2Si/c1-11-5-7-12(8-6-11)13(14)15-9-10-16(2,3)4/h5-8H,9-10H2,1-4H3. The molecule has 0 atom stereocenters. The smallest absolute Gasteiger partial charge is 0.338 e. The minimum atomic E-state index is -1.11. The summed E-state index contributed by atoms with van der Waals surface area (Å²) in [6, 6.07) is 8.49. The molecule has 16 heavy (non-hydrogen) atoms. The van der Waals surface area contributed by atoms with E-state index in [-0.39, 0.29) is 5.97 Å². The van der Waals surface area contributed by atoms with Crippen molar-refractivity contribution in [1.29, 1.82) is 0 Å². The summed E-state index contributed by atoms with van der Waals surface area (Å²) in [6.45, 7) is 9.36. The maximum absolute atomic E-state index is 11.6. The number of carbonyl (C=O) groups is 1. The Labute approximate surface area is 98.6 Å². The van der Waals surface area contributed by atoms with Crippen molar-refractivity contribution in [2.24, 2.45) is 0 Å². The van der Waals surface area contributed by atoms with Crippen molar-refractivity contribution in [3.05, 3.63) is 35.4 Å². The third kappa shape index (κ3) is 4.62. The monoisotopic (exact) mass is 236 g/mol. The normalized spacial score (nSPS) is 11.2. The lowest BCUT2D eigenvalue weighted by atomic mass is 10.1. The Morgan fingerprint density at radius 2 is 1.75 bits per heavy atom. The molecule has 0 unspecified atom stereocenters. The van der Waals surface area contributed by atoms with E-state index in [0.717, 1.165) is 11.6 Å². The molecule has 0 bridgehead atoms. The highest BCUT2D eigenvalue weighted by Crippen LogP contribution is 2.09. The summed E-state index contributed by atoms with van der Waals surface area (Å²) in [7, 11) is -1.11. The van der Waals surface area contributed by atoms with E-state index in [1.54, 1.807) is 0 Å². The fourth-order valence-corrected chi connectivity index (χ4v) is 1.94. The van der Waals surface area contributed by atoms with Gasteiger partial charge in [-0.1, -0.05) is 37.3 Å². The first-order chi connectivity index (χ1) is 7.38. The lowest BCUT2D eigenvalue weighted by Gasteiger charge is -2.15. The van der Waals surface area contributed by atoms with Crippen LogP contribution in [0, 0.1) is 6.92 Å². The molecule has 0 fully saturated rings. The first kappa shape index (κ1) is 13.0. The van der Waals surface area contributed by atoms with Crippen molar-refractivity contribution in [3.63, 3.8) is 0 Å². The van der Waals surface area contributed by atoms with Gasteiger partial charge in [0.2, 0.25) is 0 Å². The average molecular weight is 236 g/mol. The fraction of sp³-hybridized carbons (Fsp3) is 0.462. The van der Waals surface area contributed by atoms with Crippen LogP contribution in [-0.2, 0) is 4.74 Å². The van der Waals surface area contributed by atoms with Crippen LogP contribution >= 0.6 is 0 Å². The molecule has 0 spiro atoms. The zero-order chi connectivity index (χ0) is 12.2. The minimum Gasteiger partial charge on any atom is -0.462 e. The van der Waals surface area contributed by atoms with Gasteiger partial charge in [0.05, 0.1) is 12.2 Å². The van der Waals surface area contributed by atoms with Crippen molar-refractivity contribution in [2.75, 3.05) is 6.61 Å². The number of hydrogen-bond donors (Lipinski definition) is 0. The van der Waals surface area contributed by atoms with E-state index in [1.807, 2.05) is 31.2 Å². The SMILES string of the molecule is Cc1ccc(C(=O)OCC[Si](C)(C)C)cc1. The van der Waals surface area contributed by atoms with Gasteiger partial charge in [-0.25, -0.2) is 4.79 Å². The summed E-state index contributed by atoms with van der Waals surface area (Å²) in [6.07, 6.45) is 0. The molecule has 0 aliphatic heterocycles. The molecule has 0 aliphatic rings. The lowest BCUT2D eigenvalue weighted by Crippen LogP contribution is -2.22. The van der Waals surface area contributed by atoms with Crippen molar-refractivity contribution in [3.8, 4) is 0 Å². The zero-order valence-corrected chi connectivity index (χ0v) is 11.5. The summed E-state index contributed by atoms with van der Waals surface area (Å²) in [5, 5.41) is 0. The lowest BCUT2D eigenvalue weighted by molar-refractivity contribution is 0.0525. The van der Waals surface area contributed by atoms with E-state index < -0.39 is 8.07 Å². The molecule has 3 heteroatoms. The number of ether oxygens (including phenoxy) is 1. The molecular weight excluding hydrogens is 216 g/mol. The van der Waals surface area contributed by atoms with Gasteiger partial charge in [-0.15, -0.1) is 0 Å². The molecule has 0 saturated carbocycles. The minimum absolute atomic E-state index is 0.210. The van der Waals surface area contributed by atoms with Gasteiger partial charge in [-0.3, -0.25) is 0 Å². The molecule has 0 aromatic heterocycles. The number of rotatable bonds is 4. The molecule has 88 valence electrons. The molecule has 0 N–H and O–H groups in total. The van der Waals surface area contributed by atoms with Crippen LogP contribution in [0.15, 0.2) is 24.3 Å². The quantitative estimate of drug-likeness (QED) is 0.591. The Hall–Kier alpha value is -1.09. The van der Waals surface area contributed by atoms with Crippen molar-refractivity contribution >= 4 is 14.0 Å². The third-order valence-electron chi connectivity index (χ3n) is 2.37.